The lowest BCUT2D eigenvalue weighted by atomic mass is 10.00. The molecule has 7 heteroatoms. The molecule has 122 valence electrons. The third kappa shape index (κ3) is 2.85. The minimum atomic E-state index is -3.30. The van der Waals surface area contributed by atoms with Crippen molar-refractivity contribution in [1.29, 1.82) is 0 Å². The normalized spacial score (nSPS) is 27.4. The highest BCUT2D eigenvalue weighted by Crippen LogP contribution is 2.63. The molecule has 1 fully saturated rings. The second kappa shape index (κ2) is 6.14. The summed E-state index contributed by atoms with van der Waals surface area (Å²) in [5, 5.41) is -0.641. The number of methoxy groups -OCH3 is 1. The number of nitrogens with two attached hydrogens (primary N) is 1. The summed E-state index contributed by atoms with van der Waals surface area (Å²) >= 11 is 5.19. The van der Waals surface area contributed by atoms with Crippen LogP contribution in [0.2, 0.25) is 0 Å². The number of benzene rings is 1. The van der Waals surface area contributed by atoms with E-state index in [0.717, 1.165) is 5.56 Å². The van der Waals surface area contributed by atoms with Gasteiger partial charge in [0.25, 0.3) is 0 Å². The van der Waals surface area contributed by atoms with E-state index < -0.39 is 20.5 Å². The number of thiocarbonyl (C=S) groups is 1. The van der Waals surface area contributed by atoms with Crippen molar-refractivity contribution >= 4 is 27.0 Å². The number of hydrogen-bond acceptors (Lipinski definition) is 5. The molecule has 0 bridgehead atoms. The average molecular weight is 343 g/mol. The molecule has 1 aliphatic carbocycles. The van der Waals surface area contributed by atoms with Gasteiger partial charge in [-0.1, -0.05) is 24.4 Å². The fraction of sp³-hybridized carbons (Fsp3) is 0.533. The van der Waals surface area contributed by atoms with Gasteiger partial charge in [-0.2, -0.15) is 0 Å². The molecule has 0 unspecified atom stereocenters. The third-order valence-corrected chi connectivity index (χ3v) is 6.19. The molecule has 0 aromatic heterocycles. The maximum atomic E-state index is 12.2. The van der Waals surface area contributed by atoms with Crippen LogP contribution in [0.5, 0.6) is 5.75 Å². The van der Waals surface area contributed by atoms with Gasteiger partial charge >= 0.3 is 0 Å². The fourth-order valence-electron chi connectivity index (χ4n) is 3.12. The van der Waals surface area contributed by atoms with Gasteiger partial charge in [0.2, 0.25) is 0 Å². The van der Waals surface area contributed by atoms with Gasteiger partial charge in [-0.05, 0) is 24.6 Å². The van der Waals surface area contributed by atoms with Crippen molar-refractivity contribution in [3.05, 3.63) is 29.8 Å². The van der Waals surface area contributed by atoms with E-state index >= 15 is 0 Å². The fourth-order valence-corrected chi connectivity index (χ4v) is 5.43. The molecule has 1 aliphatic rings. The van der Waals surface area contributed by atoms with Crippen molar-refractivity contribution < 1.29 is 17.9 Å². The van der Waals surface area contributed by atoms with Crippen LogP contribution in [-0.2, 0) is 14.6 Å². The molecule has 0 saturated heterocycles. The van der Waals surface area contributed by atoms with Gasteiger partial charge in [0.1, 0.15) is 5.75 Å². The predicted octanol–water partition coefficient (Wildman–Crippen LogP) is 1.51. The van der Waals surface area contributed by atoms with Crippen molar-refractivity contribution in [2.75, 3.05) is 26.6 Å². The molecule has 1 saturated carbocycles. The molecule has 1 aromatic rings. The van der Waals surface area contributed by atoms with E-state index in [9.17, 15) is 8.42 Å². The highest BCUT2D eigenvalue weighted by molar-refractivity contribution is 7.92. The summed E-state index contributed by atoms with van der Waals surface area (Å²) in [6, 6.07) is 7.32. The van der Waals surface area contributed by atoms with Gasteiger partial charge in [-0.15, -0.1) is 0 Å². The maximum Gasteiger partial charge on any atom is 0.152 e. The van der Waals surface area contributed by atoms with Gasteiger partial charge in [-0.25, -0.2) is 8.42 Å². The van der Waals surface area contributed by atoms with E-state index in [0.29, 0.717) is 12.4 Å². The zero-order chi connectivity index (χ0) is 16.5. The standard InChI is InChI=1S/C15H21NO4S2/c1-4-20-9-15(14(16)21)12(13(15)22(3,17)18)10-5-7-11(19-2)8-6-10/h5-8,12-13H,4,9H2,1-3H3,(H2,16,21)/t12-,13+,15+/m1/s1. The molecule has 22 heavy (non-hydrogen) atoms. The zero-order valence-electron chi connectivity index (χ0n) is 12.9. The van der Waals surface area contributed by atoms with E-state index in [2.05, 4.69) is 0 Å². The lowest BCUT2D eigenvalue weighted by molar-refractivity contribution is 0.121. The number of ether oxygens (including phenoxy) is 2. The number of hydrogen-bond donors (Lipinski definition) is 1. The molecule has 2 rings (SSSR count). The van der Waals surface area contributed by atoms with Crippen LogP contribution in [0.4, 0.5) is 0 Å². The van der Waals surface area contributed by atoms with E-state index in [1.54, 1.807) is 19.2 Å². The van der Waals surface area contributed by atoms with Crippen LogP contribution >= 0.6 is 12.2 Å². The molecular weight excluding hydrogens is 322 g/mol. The van der Waals surface area contributed by atoms with Crippen LogP contribution < -0.4 is 10.5 Å². The summed E-state index contributed by atoms with van der Waals surface area (Å²) in [4.78, 5) is 0.192. The number of sulfone groups is 1. The van der Waals surface area contributed by atoms with Crippen molar-refractivity contribution in [2.24, 2.45) is 11.1 Å². The molecule has 0 aliphatic heterocycles. The van der Waals surface area contributed by atoms with E-state index in [1.807, 2.05) is 19.1 Å². The summed E-state index contributed by atoms with van der Waals surface area (Å²) in [6.07, 6.45) is 1.22. The summed E-state index contributed by atoms with van der Waals surface area (Å²) in [5.74, 6) is 0.434. The quantitative estimate of drug-likeness (QED) is 0.756. The average Bonchev–Trinajstić information content (AvgIpc) is 3.16. The van der Waals surface area contributed by atoms with Crippen molar-refractivity contribution in [2.45, 2.75) is 18.1 Å². The van der Waals surface area contributed by atoms with Crippen molar-refractivity contribution in [1.82, 2.24) is 0 Å². The minimum absolute atomic E-state index is 0.192. The van der Waals surface area contributed by atoms with E-state index in [1.165, 1.54) is 6.26 Å². The summed E-state index contributed by atoms with van der Waals surface area (Å²) in [6.45, 7) is 2.55. The highest BCUT2D eigenvalue weighted by atomic mass is 32.2. The maximum absolute atomic E-state index is 12.2. The molecule has 0 heterocycles. The topological polar surface area (TPSA) is 78.6 Å². The van der Waals surface area contributed by atoms with Gasteiger partial charge in [0.05, 0.1) is 29.4 Å². The van der Waals surface area contributed by atoms with Crippen molar-refractivity contribution in [3.8, 4) is 5.75 Å². The van der Waals surface area contributed by atoms with Gasteiger partial charge in [0, 0.05) is 18.8 Å². The Kier molecular flexibility index (Phi) is 4.79. The van der Waals surface area contributed by atoms with E-state index in [-0.39, 0.29) is 17.5 Å². The molecular formula is C15H21NO4S2. The van der Waals surface area contributed by atoms with Gasteiger partial charge < -0.3 is 15.2 Å². The zero-order valence-corrected chi connectivity index (χ0v) is 14.5. The summed E-state index contributed by atoms with van der Waals surface area (Å²) < 4.78 is 35.0. The second-order valence-corrected chi connectivity index (χ2v) is 8.15. The first-order valence-corrected chi connectivity index (χ1v) is 9.35. The summed E-state index contributed by atoms with van der Waals surface area (Å²) in [7, 11) is -1.72. The van der Waals surface area contributed by atoms with Crippen LogP contribution in [-0.4, -0.2) is 45.2 Å². The Morgan fingerprint density at radius 1 is 1.36 bits per heavy atom. The lowest BCUT2D eigenvalue weighted by Gasteiger charge is -2.16. The Labute approximate surface area is 136 Å². The lowest BCUT2D eigenvalue weighted by Crippen LogP contribution is -2.33. The van der Waals surface area contributed by atoms with Crippen LogP contribution in [0.15, 0.2) is 24.3 Å². The van der Waals surface area contributed by atoms with Crippen LogP contribution in [0.1, 0.15) is 18.4 Å². The molecule has 0 amide bonds. The minimum Gasteiger partial charge on any atom is -0.497 e. The molecule has 5 nitrogen and oxygen atoms in total. The van der Waals surface area contributed by atoms with Gasteiger partial charge in [0.15, 0.2) is 9.84 Å². The second-order valence-electron chi connectivity index (χ2n) is 5.54. The molecule has 2 N–H and O–H groups in total. The van der Waals surface area contributed by atoms with Crippen LogP contribution in [0.3, 0.4) is 0 Å². The first-order valence-electron chi connectivity index (χ1n) is 6.99. The van der Waals surface area contributed by atoms with Crippen LogP contribution in [0, 0.1) is 5.41 Å². The first kappa shape index (κ1) is 17.2. The molecule has 0 spiro atoms. The van der Waals surface area contributed by atoms with Crippen molar-refractivity contribution in [3.63, 3.8) is 0 Å². The van der Waals surface area contributed by atoms with E-state index in [4.69, 9.17) is 27.4 Å². The predicted molar refractivity (Wildman–Crippen MR) is 90.1 cm³/mol. The Hall–Kier alpha value is -1.18. The highest BCUT2D eigenvalue weighted by Gasteiger charge is 2.71. The summed E-state index contributed by atoms with van der Waals surface area (Å²) in [5.41, 5.74) is 5.96. The van der Waals surface area contributed by atoms with Crippen LogP contribution in [0.25, 0.3) is 0 Å². The molecule has 1 aromatic carbocycles. The Morgan fingerprint density at radius 3 is 2.36 bits per heavy atom. The number of rotatable bonds is 7. The first-order chi connectivity index (χ1) is 10.3. The Morgan fingerprint density at radius 2 is 1.95 bits per heavy atom. The SMILES string of the molecule is CCOC[C@]1(C(N)=S)[C@H](c2ccc(OC)cc2)[C@@H]1S(C)(=O)=O. The monoisotopic (exact) mass is 343 g/mol. The third-order valence-electron chi connectivity index (χ3n) is 4.20. The molecule has 0 radical (unpaired) electrons. The Balaban J connectivity index is 2.43. The Bertz CT molecular complexity index is 657. The van der Waals surface area contributed by atoms with Gasteiger partial charge in [-0.3, -0.25) is 0 Å². The largest absolute Gasteiger partial charge is 0.497 e. The molecule has 3 atom stereocenters. The smallest absolute Gasteiger partial charge is 0.152 e.